The minimum absolute atomic E-state index is 0.0822. The first-order valence-electron chi connectivity index (χ1n) is 11.0. The fourth-order valence-electron chi connectivity index (χ4n) is 3.57. The molecule has 0 saturated carbocycles. The summed E-state index contributed by atoms with van der Waals surface area (Å²) < 4.78 is 6.38. The number of nitrogens with one attached hydrogen (secondary N) is 2. The Morgan fingerprint density at radius 2 is 1.97 bits per heavy atom. The first-order valence-corrected chi connectivity index (χ1v) is 11.0. The van der Waals surface area contributed by atoms with Gasteiger partial charge in [-0.25, -0.2) is 0 Å². The molecule has 1 heterocycles. The van der Waals surface area contributed by atoms with Crippen LogP contribution in [-0.4, -0.2) is 18.5 Å². The minimum Gasteiger partial charge on any atom is -0.481 e. The predicted molar refractivity (Wildman–Crippen MR) is 130 cm³/mol. The van der Waals surface area contributed by atoms with Crippen molar-refractivity contribution >= 4 is 12.0 Å². The van der Waals surface area contributed by atoms with Gasteiger partial charge in [-0.1, -0.05) is 69.0 Å². The Labute approximate surface area is 191 Å². The highest BCUT2D eigenvalue weighted by Crippen LogP contribution is 2.37. The summed E-state index contributed by atoms with van der Waals surface area (Å²) in [6.07, 6.45) is 8.56. The number of amides is 1. The van der Waals surface area contributed by atoms with Gasteiger partial charge in [0.05, 0.1) is 12.5 Å². The number of hydrogen-bond donors (Lipinski definition) is 2. The van der Waals surface area contributed by atoms with Crippen LogP contribution in [0.15, 0.2) is 54.1 Å². The van der Waals surface area contributed by atoms with Crippen LogP contribution in [0.3, 0.4) is 0 Å². The Balaban J connectivity index is 1.82. The normalized spacial score (nSPS) is 15.2. The molecule has 0 aromatic heterocycles. The van der Waals surface area contributed by atoms with Crippen molar-refractivity contribution in [2.45, 2.75) is 45.8 Å². The number of fused-ring (bicyclic) bond motifs is 1. The summed E-state index contributed by atoms with van der Waals surface area (Å²) in [5.41, 5.74) is 4.05. The first kappa shape index (κ1) is 23.0. The summed E-state index contributed by atoms with van der Waals surface area (Å²) in [7, 11) is 0. The van der Waals surface area contributed by atoms with Crippen LogP contribution in [0.2, 0.25) is 0 Å². The van der Waals surface area contributed by atoms with Gasteiger partial charge >= 0.3 is 0 Å². The van der Waals surface area contributed by atoms with Gasteiger partial charge in [-0.3, -0.25) is 4.79 Å². The van der Waals surface area contributed by atoms with Crippen molar-refractivity contribution in [2.75, 3.05) is 6.54 Å². The Kier molecular flexibility index (Phi) is 8.01. The summed E-state index contributed by atoms with van der Waals surface area (Å²) in [5.74, 6) is 6.58. The van der Waals surface area contributed by atoms with Gasteiger partial charge in [0.15, 0.2) is 0 Å². The lowest BCUT2D eigenvalue weighted by Crippen LogP contribution is -2.38. The fourth-order valence-corrected chi connectivity index (χ4v) is 3.57. The monoisotopic (exact) mass is 426 g/mol. The Bertz CT molecular complexity index is 1070. The van der Waals surface area contributed by atoms with Crippen molar-refractivity contribution in [1.29, 1.82) is 0 Å². The van der Waals surface area contributed by atoms with Crippen molar-refractivity contribution in [2.24, 2.45) is 5.92 Å². The molecule has 0 spiro atoms. The van der Waals surface area contributed by atoms with E-state index in [9.17, 15) is 4.79 Å². The van der Waals surface area contributed by atoms with Crippen molar-refractivity contribution in [3.63, 3.8) is 0 Å². The predicted octanol–water partition coefficient (Wildman–Crippen LogP) is 4.48. The zero-order chi connectivity index (χ0) is 22.9. The molecule has 0 radical (unpaired) electrons. The van der Waals surface area contributed by atoms with Gasteiger partial charge in [-0.05, 0) is 40.8 Å². The van der Waals surface area contributed by atoms with Gasteiger partial charge in [0.25, 0.3) is 0 Å². The van der Waals surface area contributed by atoms with E-state index in [1.807, 2.05) is 57.2 Å². The quantitative estimate of drug-likeness (QED) is 0.507. The average molecular weight is 427 g/mol. The second-order valence-electron chi connectivity index (χ2n) is 8.14. The molecule has 2 aromatic rings. The molecule has 1 amide bonds. The SMILES string of the molecule is C#CC(NC(=O)Cc1ccc2c(c1)C=C(CNC#CCC)C(c1ccccc1)O2)C(C)C. The zero-order valence-corrected chi connectivity index (χ0v) is 18.9. The van der Waals surface area contributed by atoms with E-state index in [4.69, 9.17) is 11.2 Å². The van der Waals surface area contributed by atoms with E-state index in [0.29, 0.717) is 6.54 Å². The van der Waals surface area contributed by atoms with Gasteiger partial charge in [0, 0.05) is 24.6 Å². The van der Waals surface area contributed by atoms with Crippen molar-refractivity contribution < 1.29 is 9.53 Å². The minimum atomic E-state index is -0.267. The lowest BCUT2D eigenvalue weighted by Gasteiger charge is -2.28. The van der Waals surface area contributed by atoms with Gasteiger partial charge in [-0.15, -0.1) is 6.42 Å². The average Bonchev–Trinajstić information content (AvgIpc) is 2.80. The lowest BCUT2D eigenvalue weighted by molar-refractivity contribution is -0.121. The molecule has 32 heavy (non-hydrogen) atoms. The molecule has 0 fully saturated rings. The fraction of sp³-hybridized carbons (Fsp3) is 0.321. The van der Waals surface area contributed by atoms with Crippen molar-refractivity contribution in [1.82, 2.24) is 10.6 Å². The Morgan fingerprint density at radius 3 is 2.66 bits per heavy atom. The molecule has 0 bridgehead atoms. The highest BCUT2D eigenvalue weighted by molar-refractivity contribution is 5.80. The van der Waals surface area contributed by atoms with Crippen LogP contribution >= 0.6 is 0 Å². The number of carbonyl (C=O) groups excluding carboxylic acids is 1. The van der Waals surface area contributed by atoms with Crippen LogP contribution < -0.4 is 15.4 Å². The van der Waals surface area contributed by atoms with Gasteiger partial charge in [-0.2, -0.15) is 0 Å². The summed E-state index contributed by atoms with van der Waals surface area (Å²) in [6, 6.07) is 18.7. The number of benzene rings is 2. The third kappa shape index (κ3) is 5.96. The third-order valence-electron chi connectivity index (χ3n) is 5.27. The second kappa shape index (κ2) is 11.1. The summed E-state index contributed by atoms with van der Waals surface area (Å²) in [5, 5.41) is 6.10. The van der Waals surface area contributed by atoms with Gasteiger partial charge in [0.1, 0.15) is 11.9 Å². The number of ether oxygens (including phenoxy) is 1. The first-order chi connectivity index (χ1) is 15.5. The molecule has 2 aromatic carbocycles. The van der Waals surface area contributed by atoms with Crippen LogP contribution in [-0.2, 0) is 11.2 Å². The van der Waals surface area contributed by atoms with E-state index in [0.717, 1.165) is 34.4 Å². The maximum atomic E-state index is 12.5. The van der Waals surface area contributed by atoms with E-state index in [2.05, 4.69) is 46.7 Å². The smallest absolute Gasteiger partial charge is 0.225 e. The third-order valence-corrected chi connectivity index (χ3v) is 5.27. The molecule has 0 aliphatic carbocycles. The van der Waals surface area contributed by atoms with Crippen LogP contribution in [0.4, 0.5) is 0 Å². The number of carbonyl (C=O) groups is 1. The van der Waals surface area contributed by atoms with E-state index in [1.54, 1.807) is 0 Å². The molecule has 1 aliphatic heterocycles. The summed E-state index contributed by atoms with van der Waals surface area (Å²) in [6.45, 7) is 6.60. The molecule has 2 unspecified atom stereocenters. The van der Waals surface area contributed by atoms with Crippen LogP contribution in [0.1, 0.15) is 50.0 Å². The summed E-state index contributed by atoms with van der Waals surface area (Å²) in [4.78, 5) is 12.5. The lowest BCUT2D eigenvalue weighted by atomic mass is 9.94. The molecule has 2 atom stereocenters. The van der Waals surface area contributed by atoms with Crippen molar-refractivity contribution in [3.05, 3.63) is 70.8 Å². The molecular weight excluding hydrogens is 396 g/mol. The molecule has 2 N–H and O–H groups in total. The van der Waals surface area contributed by atoms with E-state index < -0.39 is 0 Å². The molecule has 4 heteroatoms. The Hall–Kier alpha value is -3.63. The standard InChI is InChI=1S/C28H30N2O2/c1-5-7-15-29-19-24-18-23-16-21(17-27(31)30-25(6-2)20(3)4)13-14-26(23)32-28(24)22-11-9-8-10-12-22/h2,8-14,16,18,20,25,28-29H,5,17,19H2,1,3-4H3,(H,30,31). The largest absolute Gasteiger partial charge is 0.481 e. The number of terminal acetylenes is 1. The molecule has 164 valence electrons. The molecule has 3 rings (SSSR count). The number of rotatable bonds is 7. The zero-order valence-electron chi connectivity index (χ0n) is 18.9. The molecule has 4 nitrogen and oxygen atoms in total. The van der Waals surface area contributed by atoms with Crippen LogP contribution in [0, 0.1) is 30.2 Å². The van der Waals surface area contributed by atoms with E-state index >= 15 is 0 Å². The van der Waals surface area contributed by atoms with Crippen molar-refractivity contribution in [3.8, 4) is 30.1 Å². The molecule has 1 aliphatic rings. The van der Waals surface area contributed by atoms with Crippen LogP contribution in [0.25, 0.3) is 6.08 Å². The topological polar surface area (TPSA) is 50.4 Å². The van der Waals surface area contributed by atoms with Gasteiger partial charge < -0.3 is 15.4 Å². The van der Waals surface area contributed by atoms with E-state index in [1.165, 1.54) is 0 Å². The number of hydrogen-bond acceptors (Lipinski definition) is 3. The Morgan fingerprint density at radius 1 is 1.19 bits per heavy atom. The second-order valence-corrected chi connectivity index (χ2v) is 8.14. The maximum absolute atomic E-state index is 12.5. The van der Waals surface area contributed by atoms with Crippen LogP contribution in [0.5, 0.6) is 5.75 Å². The molecule has 0 saturated heterocycles. The van der Waals surface area contributed by atoms with E-state index in [-0.39, 0.29) is 30.4 Å². The van der Waals surface area contributed by atoms with Gasteiger partial charge in [0.2, 0.25) is 5.91 Å². The molecular formula is C28H30N2O2. The highest BCUT2D eigenvalue weighted by Gasteiger charge is 2.24. The summed E-state index contributed by atoms with van der Waals surface area (Å²) >= 11 is 0. The maximum Gasteiger partial charge on any atom is 0.225 e. The highest BCUT2D eigenvalue weighted by atomic mass is 16.5.